The molecule has 150 valence electrons. The normalized spacial score (nSPS) is 10.7. The van der Waals surface area contributed by atoms with Crippen LogP contribution in [0.4, 0.5) is 10.5 Å². The van der Waals surface area contributed by atoms with Crippen LogP contribution in [0.3, 0.4) is 0 Å². The van der Waals surface area contributed by atoms with E-state index in [0.717, 1.165) is 12.8 Å². The number of unbranched alkanes of at least 4 members (excludes halogenated alkanes) is 1. The van der Waals surface area contributed by atoms with E-state index in [1.165, 1.54) is 0 Å². The quantitative estimate of drug-likeness (QED) is 0.461. The number of ether oxygens (including phenoxy) is 4. The highest BCUT2D eigenvalue weighted by molar-refractivity contribution is 5.84. The largest absolute Gasteiger partial charge is 0.491 e. The lowest BCUT2D eigenvalue weighted by Gasteiger charge is -2.19. The monoisotopic (exact) mass is 377 g/mol. The summed E-state index contributed by atoms with van der Waals surface area (Å²) in [6.45, 7) is 10.1. The predicted octanol–water partition coefficient (Wildman–Crippen LogP) is 4.25. The Hall–Kier alpha value is -2.23. The lowest BCUT2D eigenvalue weighted by molar-refractivity contribution is 0.0360. The maximum atomic E-state index is 11.7. The molecule has 0 aliphatic carbocycles. The van der Waals surface area contributed by atoms with E-state index >= 15 is 0 Å². The molecule has 0 aliphatic rings. The molecular formula is C21H31NO5. The molecule has 0 aromatic heterocycles. The van der Waals surface area contributed by atoms with E-state index in [0.29, 0.717) is 44.5 Å². The Kier molecular flexibility index (Phi) is 11.0. The van der Waals surface area contributed by atoms with Gasteiger partial charge >= 0.3 is 6.09 Å². The van der Waals surface area contributed by atoms with E-state index in [2.05, 4.69) is 17.2 Å². The molecule has 6 nitrogen and oxygen atoms in total. The van der Waals surface area contributed by atoms with Crippen LogP contribution in [0.1, 0.15) is 40.5 Å². The Morgan fingerprint density at radius 1 is 1.00 bits per heavy atom. The van der Waals surface area contributed by atoms with Crippen molar-refractivity contribution in [3.05, 3.63) is 24.3 Å². The fourth-order valence-corrected chi connectivity index (χ4v) is 1.98. The van der Waals surface area contributed by atoms with E-state index in [1.54, 1.807) is 24.3 Å². The number of benzene rings is 1. The van der Waals surface area contributed by atoms with Crippen molar-refractivity contribution >= 4 is 11.8 Å². The van der Waals surface area contributed by atoms with Crippen molar-refractivity contribution in [1.82, 2.24) is 0 Å². The molecule has 1 N–H and O–H groups in total. The Morgan fingerprint density at radius 2 is 1.63 bits per heavy atom. The highest BCUT2D eigenvalue weighted by atomic mass is 16.6. The molecule has 27 heavy (non-hydrogen) atoms. The van der Waals surface area contributed by atoms with E-state index in [-0.39, 0.29) is 0 Å². The molecule has 0 saturated carbocycles. The third-order valence-corrected chi connectivity index (χ3v) is 3.14. The molecule has 0 atom stereocenters. The zero-order chi connectivity index (χ0) is 20.0. The molecule has 0 bridgehead atoms. The number of hydrogen-bond acceptors (Lipinski definition) is 5. The molecule has 1 aromatic rings. The van der Waals surface area contributed by atoms with Crippen LogP contribution in [0.2, 0.25) is 0 Å². The van der Waals surface area contributed by atoms with Gasteiger partial charge in [-0.3, -0.25) is 5.32 Å². The maximum Gasteiger partial charge on any atom is 0.412 e. The number of nitrogens with one attached hydrogen (secondary N) is 1. The molecule has 0 saturated heterocycles. The van der Waals surface area contributed by atoms with Crippen LogP contribution in [0.5, 0.6) is 5.75 Å². The summed E-state index contributed by atoms with van der Waals surface area (Å²) in [7, 11) is 0. The highest BCUT2D eigenvalue weighted by Gasteiger charge is 2.16. The minimum absolute atomic E-state index is 0.449. The number of carbonyl (C=O) groups excluding carboxylic acids is 1. The van der Waals surface area contributed by atoms with Gasteiger partial charge in [-0.05, 0) is 58.4 Å². The average Bonchev–Trinajstić information content (AvgIpc) is 2.59. The van der Waals surface area contributed by atoms with Crippen LogP contribution < -0.4 is 10.1 Å². The molecule has 0 heterocycles. The van der Waals surface area contributed by atoms with Gasteiger partial charge in [-0.1, -0.05) is 0 Å². The third-order valence-electron chi connectivity index (χ3n) is 3.14. The van der Waals surface area contributed by atoms with Crippen LogP contribution in [-0.4, -0.2) is 44.7 Å². The summed E-state index contributed by atoms with van der Waals surface area (Å²) in [6.07, 6.45) is 1.34. The zero-order valence-corrected chi connectivity index (χ0v) is 16.8. The van der Waals surface area contributed by atoms with Crippen molar-refractivity contribution in [1.29, 1.82) is 0 Å². The molecule has 0 unspecified atom stereocenters. The van der Waals surface area contributed by atoms with Crippen LogP contribution in [0.25, 0.3) is 0 Å². The first-order valence-corrected chi connectivity index (χ1v) is 9.18. The average molecular weight is 377 g/mol. The van der Waals surface area contributed by atoms with E-state index in [9.17, 15) is 4.79 Å². The molecule has 0 spiro atoms. The Balaban J connectivity index is 2.09. The number of amides is 1. The van der Waals surface area contributed by atoms with Crippen molar-refractivity contribution in [3.63, 3.8) is 0 Å². The summed E-state index contributed by atoms with van der Waals surface area (Å²) < 4.78 is 21.7. The molecule has 0 aliphatic heterocycles. The van der Waals surface area contributed by atoms with Crippen molar-refractivity contribution < 1.29 is 23.7 Å². The van der Waals surface area contributed by atoms with Gasteiger partial charge in [-0.25, -0.2) is 4.79 Å². The Bertz CT molecular complexity index is 596. The summed E-state index contributed by atoms with van der Waals surface area (Å²) in [6, 6.07) is 7.09. The van der Waals surface area contributed by atoms with Gasteiger partial charge in [0.15, 0.2) is 0 Å². The van der Waals surface area contributed by atoms with Gasteiger partial charge in [0, 0.05) is 18.7 Å². The second kappa shape index (κ2) is 13.0. The SMILES string of the molecule is CC#CCCCOCCOCCOc1ccc(NC(=O)OC(C)(C)C)cc1. The number of hydrogen-bond donors (Lipinski definition) is 1. The fraction of sp³-hybridized carbons (Fsp3) is 0.571. The molecule has 0 radical (unpaired) electrons. The molecular weight excluding hydrogens is 346 g/mol. The predicted molar refractivity (Wildman–Crippen MR) is 106 cm³/mol. The summed E-state index contributed by atoms with van der Waals surface area (Å²) in [4.78, 5) is 11.7. The standard InChI is InChI=1S/C21H31NO5/c1-5-6-7-8-13-24-14-15-25-16-17-26-19-11-9-18(10-12-19)22-20(23)27-21(2,3)4/h9-12H,7-8,13-17H2,1-4H3,(H,22,23). The smallest absolute Gasteiger partial charge is 0.412 e. The molecule has 0 fully saturated rings. The highest BCUT2D eigenvalue weighted by Crippen LogP contribution is 2.17. The second-order valence-electron chi connectivity index (χ2n) is 6.75. The first-order chi connectivity index (χ1) is 12.9. The lowest BCUT2D eigenvalue weighted by Crippen LogP contribution is -2.27. The maximum absolute atomic E-state index is 11.7. The van der Waals surface area contributed by atoms with Gasteiger partial charge < -0.3 is 18.9 Å². The van der Waals surface area contributed by atoms with Crippen LogP contribution in [0, 0.1) is 11.8 Å². The second-order valence-corrected chi connectivity index (χ2v) is 6.75. The summed E-state index contributed by atoms with van der Waals surface area (Å²) >= 11 is 0. The van der Waals surface area contributed by atoms with E-state index < -0.39 is 11.7 Å². The van der Waals surface area contributed by atoms with Crippen LogP contribution in [0.15, 0.2) is 24.3 Å². The molecule has 1 aromatic carbocycles. The van der Waals surface area contributed by atoms with Crippen molar-refractivity contribution in [2.75, 3.05) is 38.4 Å². The summed E-state index contributed by atoms with van der Waals surface area (Å²) in [5, 5.41) is 2.67. The van der Waals surface area contributed by atoms with Gasteiger partial charge in [-0.15, -0.1) is 11.8 Å². The topological polar surface area (TPSA) is 66.0 Å². The number of anilines is 1. The van der Waals surface area contributed by atoms with E-state index in [1.807, 2.05) is 27.7 Å². The molecule has 6 heteroatoms. The first-order valence-electron chi connectivity index (χ1n) is 9.18. The summed E-state index contributed by atoms with van der Waals surface area (Å²) in [5.41, 5.74) is 0.122. The molecule has 1 rings (SSSR count). The zero-order valence-electron chi connectivity index (χ0n) is 16.8. The van der Waals surface area contributed by atoms with E-state index in [4.69, 9.17) is 18.9 Å². The van der Waals surface area contributed by atoms with Gasteiger partial charge in [0.05, 0.1) is 19.8 Å². The van der Waals surface area contributed by atoms with Crippen molar-refractivity contribution in [3.8, 4) is 17.6 Å². The minimum Gasteiger partial charge on any atom is -0.491 e. The van der Waals surface area contributed by atoms with Crippen molar-refractivity contribution in [2.45, 2.75) is 46.1 Å². The van der Waals surface area contributed by atoms with Gasteiger partial charge in [0.2, 0.25) is 0 Å². The van der Waals surface area contributed by atoms with Crippen LogP contribution in [-0.2, 0) is 14.2 Å². The Labute approximate surface area is 162 Å². The number of carbonyl (C=O) groups is 1. The fourth-order valence-electron chi connectivity index (χ4n) is 1.98. The van der Waals surface area contributed by atoms with Gasteiger partial charge in [0.25, 0.3) is 0 Å². The minimum atomic E-state index is -0.526. The third kappa shape index (κ3) is 12.7. The van der Waals surface area contributed by atoms with Gasteiger partial charge in [0.1, 0.15) is 18.0 Å². The number of rotatable bonds is 11. The van der Waals surface area contributed by atoms with Gasteiger partial charge in [-0.2, -0.15) is 0 Å². The Morgan fingerprint density at radius 3 is 2.26 bits per heavy atom. The molecule has 1 amide bonds. The summed E-state index contributed by atoms with van der Waals surface area (Å²) in [5.74, 6) is 6.57. The van der Waals surface area contributed by atoms with Crippen molar-refractivity contribution in [2.24, 2.45) is 0 Å². The lowest BCUT2D eigenvalue weighted by atomic mass is 10.2. The van der Waals surface area contributed by atoms with Crippen LogP contribution >= 0.6 is 0 Å². The first kappa shape index (κ1) is 22.8.